The summed E-state index contributed by atoms with van der Waals surface area (Å²) < 4.78 is 0.434. The summed E-state index contributed by atoms with van der Waals surface area (Å²) in [5.41, 5.74) is -1.03. The number of allylic oxidation sites excluding steroid dienone is 2. The number of carboxylic acid groups (broad SMARTS) is 2. The van der Waals surface area contributed by atoms with Gasteiger partial charge in [0.2, 0.25) is 0 Å². The van der Waals surface area contributed by atoms with Gasteiger partial charge in [0.15, 0.2) is 0 Å². The van der Waals surface area contributed by atoms with E-state index in [0.717, 1.165) is 0 Å². The lowest BCUT2D eigenvalue weighted by Crippen LogP contribution is -2.29. The molecule has 76 valence electrons. The van der Waals surface area contributed by atoms with Crippen LogP contribution in [0.2, 0.25) is 0 Å². The Morgan fingerprint density at radius 1 is 1.50 bits per heavy atom. The van der Waals surface area contributed by atoms with Crippen molar-refractivity contribution in [3.05, 3.63) is 22.2 Å². The Hall–Kier alpha value is -1.10. The molecule has 14 heavy (non-hydrogen) atoms. The summed E-state index contributed by atoms with van der Waals surface area (Å²) >= 11 is 3.08. The lowest BCUT2D eigenvalue weighted by molar-refractivity contribution is -0.145. The Balaban J connectivity index is 3.07. The molecule has 0 bridgehead atoms. The summed E-state index contributed by atoms with van der Waals surface area (Å²) in [5, 5.41) is 17.7. The zero-order valence-electron chi connectivity index (χ0n) is 7.45. The molecule has 1 atom stereocenters. The van der Waals surface area contributed by atoms with Crippen molar-refractivity contribution in [2.24, 2.45) is 5.41 Å². The van der Waals surface area contributed by atoms with Crippen molar-refractivity contribution in [2.75, 3.05) is 0 Å². The van der Waals surface area contributed by atoms with Crippen LogP contribution in [0.4, 0.5) is 0 Å². The molecule has 0 fully saturated rings. The molecule has 0 aliphatic heterocycles. The highest BCUT2D eigenvalue weighted by molar-refractivity contribution is 9.11. The largest absolute Gasteiger partial charge is 0.481 e. The van der Waals surface area contributed by atoms with Gasteiger partial charge in [0.25, 0.3) is 0 Å². The molecule has 0 saturated carbocycles. The first-order valence-electron chi connectivity index (χ1n) is 3.91. The molecule has 0 aromatic heterocycles. The van der Waals surface area contributed by atoms with E-state index < -0.39 is 17.4 Å². The van der Waals surface area contributed by atoms with E-state index in [0.29, 0.717) is 4.48 Å². The predicted octanol–water partition coefficient (Wildman–Crippen LogP) is 1.77. The van der Waals surface area contributed by atoms with E-state index >= 15 is 0 Å². The van der Waals surface area contributed by atoms with Crippen LogP contribution in [0.15, 0.2) is 22.2 Å². The maximum Gasteiger partial charge on any atom is 0.332 e. The fourth-order valence-electron chi connectivity index (χ4n) is 1.19. The van der Waals surface area contributed by atoms with Crippen LogP contribution in [-0.4, -0.2) is 22.2 Å². The summed E-state index contributed by atoms with van der Waals surface area (Å²) in [6, 6.07) is 0. The molecule has 0 saturated heterocycles. The predicted molar refractivity (Wildman–Crippen MR) is 53.1 cm³/mol. The van der Waals surface area contributed by atoms with Gasteiger partial charge in [-0.1, -0.05) is 28.1 Å². The minimum Gasteiger partial charge on any atom is -0.481 e. The van der Waals surface area contributed by atoms with Crippen LogP contribution in [0.1, 0.15) is 13.3 Å². The number of hydrogen-bond donors (Lipinski definition) is 2. The first-order valence-corrected chi connectivity index (χ1v) is 4.71. The summed E-state index contributed by atoms with van der Waals surface area (Å²) in [6.07, 6.45) is 2.96. The highest BCUT2D eigenvalue weighted by Gasteiger charge is 2.36. The second kappa shape index (κ2) is 3.57. The fourth-order valence-corrected chi connectivity index (χ4v) is 1.63. The number of carboxylic acids is 2. The number of rotatable bonds is 2. The van der Waals surface area contributed by atoms with Crippen LogP contribution in [0.3, 0.4) is 0 Å². The highest BCUT2D eigenvalue weighted by atomic mass is 79.9. The van der Waals surface area contributed by atoms with Crippen LogP contribution in [0.25, 0.3) is 0 Å². The Labute approximate surface area is 89.1 Å². The van der Waals surface area contributed by atoms with Crippen molar-refractivity contribution in [3.63, 3.8) is 0 Å². The molecular weight excluding hydrogens is 252 g/mol. The minimum atomic E-state index is -1.12. The van der Waals surface area contributed by atoms with E-state index in [-0.39, 0.29) is 12.0 Å². The van der Waals surface area contributed by atoms with Gasteiger partial charge in [-0.3, -0.25) is 4.79 Å². The molecule has 1 aliphatic carbocycles. The van der Waals surface area contributed by atoms with Crippen molar-refractivity contribution >= 4 is 27.9 Å². The SMILES string of the molecule is CC1(C(=O)O)C=CC(Br)=C(C(=O)O)C1. The van der Waals surface area contributed by atoms with Crippen LogP contribution >= 0.6 is 15.9 Å². The van der Waals surface area contributed by atoms with Crippen molar-refractivity contribution in [1.82, 2.24) is 0 Å². The lowest BCUT2D eigenvalue weighted by atomic mass is 9.80. The fraction of sp³-hybridized carbons (Fsp3) is 0.333. The van der Waals surface area contributed by atoms with Crippen LogP contribution < -0.4 is 0 Å². The Kier molecular flexibility index (Phi) is 2.80. The molecule has 0 spiro atoms. The molecule has 4 nitrogen and oxygen atoms in total. The molecule has 0 radical (unpaired) electrons. The normalized spacial score (nSPS) is 26.4. The van der Waals surface area contributed by atoms with E-state index in [9.17, 15) is 9.59 Å². The third-order valence-electron chi connectivity index (χ3n) is 2.18. The van der Waals surface area contributed by atoms with Gasteiger partial charge in [-0.05, 0) is 13.3 Å². The molecule has 2 N–H and O–H groups in total. The Bertz CT molecular complexity index is 356. The van der Waals surface area contributed by atoms with Gasteiger partial charge >= 0.3 is 11.9 Å². The zero-order valence-corrected chi connectivity index (χ0v) is 9.04. The summed E-state index contributed by atoms with van der Waals surface area (Å²) in [7, 11) is 0. The molecule has 0 aromatic rings. The third kappa shape index (κ3) is 1.87. The number of carbonyl (C=O) groups is 2. The highest BCUT2D eigenvalue weighted by Crippen LogP contribution is 2.36. The average Bonchev–Trinajstić information content (AvgIpc) is 2.09. The molecular formula is C9H9BrO4. The monoisotopic (exact) mass is 260 g/mol. The van der Waals surface area contributed by atoms with Crippen LogP contribution in [0.5, 0.6) is 0 Å². The lowest BCUT2D eigenvalue weighted by Gasteiger charge is -2.24. The molecule has 0 aromatic carbocycles. The van der Waals surface area contributed by atoms with E-state index in [2.05, 4.69) is 15.9 Å². The van der Waals surface area contributed by atoms with Gasteiger partial charge in [0.1, 0.15) is 0 Å². The Morgan fingerprint density at radius 2 is 2.07 bits per heavy atom. The third-order valence-corrected chi connectivity index (χ3v) is 2.92. The van der Waals surface area contributed by atoms with Crippen molar-refractivity contribution in [1.29, 1.82) is 0 Å². The van der Waals surface area contributed by atoms with E-state index in [4.69, 9.17) is 10.2 Å². The molecule has 0 amide bonds. The second-order valence-corrected chi connectivity index (χ2v) is 4.22. The van der Waals surface area contributed by atoms with Gasteiger partial charge in [-0.15, -0.1) is 0 Å². The maximum absolute atomic E-state index is 10.9. The van der Waals surface area contributed by atoms with Gasteiger partial charge in [0.05, 0.1) is 11.0 Å². The molecule has 0 heterocycles. The topological polar surface area (TPSA) is 74.6 Å². The maximum atomic E-state index is 10.9. The number of halogens is 1. The quantitative estimate of drug-likeness (QED) is 0.794. The van der Waals surface area contributed by atoms with Crippen LogP contribution in [-0.2, 0) is 9.59 Å². The smallest absolute Gasteiger partial charge is 0.332 e. The minimum absolute atomic E-state index is 0.00521. The van der Waals surface area contributed by atoms with E-state index in [1.807, 2.05) is 0 Å². The van der Waals surface area contributed by atoms with Crippen LogP contribution in [0, 0.1) is 5.41 Å². The van der Waals surface area contributed by atoms with Gasteiger partial charge in [-0.2, -0.15) is 0 Å². The summed E-state index contributed by atoms with van der Waals surface area (Å²) in [6.45, 7) is 1.49. The zero-order chi connectivity index (χ0) is 10.9. The molecule has 1 rings (SSSR count). The second-order valence-electron chi connectivity index (χ2n) is 3.36. The first kappa shape index (κ1) is 11.0. The standard InChI is InChI=1S/C9H9BrO4/c1-9(8(13)14)3-2-6(10)5(4-9)7(11)12/h2-3H,4H2,1H3,(H,11,12)(H,13,14). The van der Waals surface area contributed by atoms with E-state index in [1.165, 1.54) is 19.1 Å². The Morgan fingerprint density at radius 3 is 2.50 bits per heavy atom. The average molecular weight is 261 g/mol. The van der Waals surface area contributed by atoms with Gasteiger partial charge < -0.3 is 10.2 Å². The molecule has 5 heteroatoms. The number of aliphatic carboxylic acids is 2. The van der Waals surface area contributed by atoms with Crippen molar-refractivity contribution in [3.8, 4) is 0 Å². The summed E-state index contributed by atoms with van der Waals surface area (Å²) in [5.74, 6) is -2.11. The molecule has 1 unspecified atom stereocenters. The van der Waals surface area contributed by atoms with Gasteiger partial charge in [0, 0.05) is 4.48 Å². The first-order chi connectivity index (χ1) is 6.37. The summed E-state index contributed by atoms with van der Waals surface area (Å²) in [4.78, 5) is 21.6. The number of hydrogen-bond acceptors (Lipinski definition) is 2. The van der Waals surface area contributed by atoms with Crippen molar-refractivity contribution in [2.45, 2.75) is 13.3 Å². The van der Waals surface area contributed by atoms with Crippen molar-refractivity contribution < 1.29 is 19.8 Å². The molecule has 1 aliphatic rings. The van der Waals surface area contributed by atoms with Gasteiger partial charge in [-0.25, -0.2) is 4.79 Å². The van der Waals surface area contributed by atoms with E-state index in [1.54, 1.807) is 0 Å².